The first-order chi connectivity index (χ1) is 12.8. The number of aryl methyl sites for hydroxylation is 1. The molecular weight excluding hydrogens is 344 g/mol. The van der Waals surface area contributed by atoms with Crippen molar-refractivity contribution >= 4 is 38.4 Å². The second-order valence-corrected chi connectivity index (χ2v) is 7.98. The van der Waals surface area contributed by atoms with E-state index in [-0.39, 0.29) is 5.56 Å². The summed E-state index contributed by atoms with van der Waals surface area (Å²) in [6.45, 7) is 4.45. The van der Waals surface area contributed by atoms with Crippen molar-refractivity contribution in [2.75, 3.05) is 19.6 Å². The van der Waals surface area contributed by atoms with E-state index in [0.717, 1.165) is 41.2 Å². The van der Waals surface area contributed by atoms with Crippen molar-refractivity contribution in [2.24, 2.45) is 0 Å². The molecule has 0 bridgehead atoms. The molecule has 1 saturated heterocycles. The van der Waals surface area contributed by atoms with Crippen LogP contribution in [-0.2, 0) is 6.54 Å². The molecule has 0 spiro atoms. The van der Waals surface area contributed by atoms with E-state index >= 15 is 0 Å². The van der Waals surface area contributed by atoms with Gasteiger partial charge in [0.25, 0.3) is 5.56 Å². The van der Waals surface area contributed by atoms with Crippen LogP contribution in [0.4, 0.5) is 0 Å². The number of rotatable bonds is 4. The van der Waals surface area contributed by atoms with E-state index in [1.807, 2.05) is 29.6 Å². The molecule has 0 saturated carbocycles. The number of fused-ring (bicyclic) bond motifs is 4. The third-order valence-electron chi connectivity index (χ3n) is 5.44. The van der Waals surface area contributed by atoms with Gasteiger partial charge in [-0.2, -0.15) is 0 Å². The molecule has 6 heteroatoms. The molecule has 1 aromatic carbocycles. The van der Waals surface area contributed by atoms with Crippen LogP contribution in [0.5, 0.6) is 0 Å². The van der Waals surface area contributed by atoms with Gasteiger partial charge in [-0.15, -0.1) is 11.3 Å². The Hall–Kier alpha value is -2.18. The van der Waals surface area contributed by atoms with Crippen molar-refractivity contribution in [3.63, 3.8) is 0 Å². The van der Waals surface area contributed by atoms with E-state index in [2.05, 4.69) is 15.5 Å². The van der Waals surface area contributed by atoms with Crippen molar-refractivity contribution in [3.05, 3.63) is 46.1 Å². The number of benzene rings is 1. The third kappa shape index (κ3) is 2.56. The summed E-state index contributed by atoms with van der Waals surface area (Å²) in [5.74, 6) is 0.768. The summed E-state index contributed by atoms with van der Waals surface area (Å²) >= 11 is 1.54. The minimum atomic E-state index is 0.0391. The molecule has 134 valence electrons. The van der Waals surface area contributed by atoms with E-state index in [9.17, 15) is 4.79 Å². The number of nitrogens with zero attached hydrogens (tertiary/aromatic N) is 4. The van der Waals surface area contributed by atoms with E-state index in [1.54, 1.807) is 4.40 Å². The molecule has 4 aromatic rings. The van der Waals surface area contributed by atoms with Crippen molar-refractivity contribution in [3.8, 4) is 0 Å². The molecule has 4 heterocycles. The summed E-state index contributed by atoms with van der Waals surface area (Å²) in [5.41, 5.74) is 2.08. The standard InChI is InChI=1S/C20H22N4OS/c25-19-15-9-14-26-18(15)21-20-23(13-6-12-22-10-4-1-5-11-22)16-7-2-3-8-17(16)24(19)20/h2-3,7-9,14H,1,4-6,10-13H2. The summed E-state index contributed by atoms with van der Waals surface area (Å²) in [7, 11) is 0. The summed E-state index contributed by atoms with van der Waals surface area (Å²) in [6, 6.07) is 10.0. The van der Waals surface area contributed by atoms with Crippen LogP contribution in [0.15, 0.2) is 40.5 Å². The van der Waals surface area contributed by atoms with Crippen molar-refractivity contribution in [1.29, 1.82) is 0 Å². The molecular formula is C20H22N4OS. The van der Waals surface area contributed by atoms with Gasteiger partial charge in [0, 0.05) is 6.54 Å². The number of thiophene rings is 1. The molecule has 26 heavy (non-hydrogen) atoms. The quantitative estimate of drug-likeness (QED) is 0.553. The van der Waals surface area contributed by atoms with Gasteiger partial charge >= 0.3 is 0 Å². The fourth-order valence-corrected chi connectivity index (χ4v) is 4.90. The molecule has 0 atom stereocenters. The average molecular weight is 366 g/mol. The normalized spacial score (nSPS) is 16.2. The van der Waals surface area contributed by atoms with Crippen LogP contribution in [0.2, 0.25) is 0 Å². The molecule has 0 N–H and O–H groups in total. The van der Waals surface area contributed by atoms with Gasteiger partial charge in [0.2, 0.25) is 5.78 Å². The average Bonchev–Trinajstić information content (AvgIpc) is 3.27. The van der Waals surface area contributed by atoms with E-state index in [0.29, 0.717) is 5.39 Å². The SMILES string of the molecule is O=c1c2ccsc2nc2n(CCCN3CCCCC3)c3ccccc3n12. The molecule has 1 fully saturated rings. The summed E-state index contributed by atoms with van der Waals surface area (Å²) in [6.07, 6.45) is 5.09. The highest BCUT2D eigenvalue weighted by molar-refractivity contribution is 7.16. The lowest BCUT2D eigenvalue weighted by atomic mass is 10.1. The van der Waals surface area contributed by atoms with Crippen LogP contribution >= 0.6 is 11.3 Å². The van der Waals surface area contributed by atoms with E-state index < -0.39 is 0 Å². The number of para-hydroxylation sites is 2. The smallest absolute Gasteiger partial charge is 0.268 e. The minimum absolute atomic E-state index is 0.0391. The van der Waals surface area contributed by atoms with Crippen LogP contribution < -0.4 is 5.56 Å². The summed E-state index contributed by atoms with van der Waals surface area (Å²) in [5, 5.41) is 2.66. The molecule has 0 amide bonds. The molecule has 1 aliphatic heterocycles. The van der Waals surface area contributed by atoms with Crippen molar-refractivity contribution in [1.82, 2.24) is 18.9 Å². The second-order valence-electron chi connectivity index (χ2n) is 7.09. The molecule has 5 nitrogen and oxygen atoms in total. The zero-order chi connectivity index (χ0) is 17.5. The highest BCUT2D eigenvalue weighted by Crippen LogP contribution is 2.23. The summed E-state index contributed by atoms with van der Waals surface area (Å²) < 4.78 is 4.01. The van der Waals surface area contributed by atoms with Crippen LogP contribution in [0.3, 0.4) is 0 Å². The maximum atomic E-state index is 13.0. The van der Waals surface area contributed by atoms with Gasteiger partial charge in [-0.3, -0.25) is 4.79 Å². The number of piperidine rings is 1. The monoisotopic (exact) mass is 366 g/mol. The largest absolute Gasteiger partial charge is 0.309 e. The Morgan fingerprint density at radius 3 is 2.65 bits per heavy atom. The molecule has 3 aromatic heterocycles. The Kier molecular flexibility index (Phi) is 4.02. The summed E-state index contributed by atoms with van der Waals surface area (Å²) in [4.78, 5) is 21.2. The Balaban J connectivity index is 1.58. The van der Waals surface area contributed by atoms with Crippen molar-refractivity contribution < 1.29 is 0 Å². The Bertz CT molecular complexity index is 1130. The Morgan fingerprint density at radius 1 is 1.00 bits per heavy atom. The number of hydrogen-bond donors (Lipinski definition) is 0. The van der Waals surface area contributed by atoms with Gasteiger partial charge in [-0.1, -0.05) is 18.6 Å². The van der Waals surface area contributed by atoms with Gasteiger partial charge in [-0.05, 0) is 62.5 Å². The van der Waals surface area contributed by atoms with Gasteiger partial charge in [0.1, 0.15) is 4.83 Å². The van der Waals surface area contributed by atoms with Crippen molar-refractivity contribution in [2.45, 2.75) is 32.2 Å². The second kappa shape index (κ2) is 6.52. The zero-order valence-corrected chi connectivity index (χ0v) is 15.5. The molecule has 0 unspecified atom stereocenters. The zero-order valence-electron chi connectivity index (χ0n) is 14.7. The van der Waals surface area contributed by atoms with Crippen LogP contribution in [0, 0.1) is 0 Å². The van der Waals surface area contributed by atoms with Crippen LogP contribution in [-0.4, -0.2) is 38.5 Å². The topological polar surface area (TPSA) is 42.5 Å². The van der Waals surface area contributed by atoms with Crippen LogP contribution in [0.1, 0.15) is 25.7 Å². The van der Waals surface area contributed by atoms with Gasteiger partial charge in [0.15, 0.2) is 0 Å². The molecule has 5 rings (SSSR count). The van der Waals surface area contributed by atoms with Gasteiger partial charge < -0.3 is 9.47 Å². The maximum absolute atomic E-state index is 13.0. The first kappa shape index (κ1) is 16.0. The lowest BCUT2D eigenvalue weighted by Gasteiger charge is -2.26. The molecule has 1 aliphatic rings. The number of imidazole rings is 1. The predicted octanol–water partition coefficient (Wildman–Crippen LogP) is 3.74. The lowest BCUT2D eigenvalue weighted by molar-refractivity contribution is 0.223. The number of likely N-dealkylation sites (tertiary alicyclic amines) is 1. The lowest BCUT2D eigenvalue weighted by Crippen LogP contribution is -2.31. The Morgan fingerprint density at radius 2 is 1.81 bits per heavy atom. The van der Waals surface area contributed by atoms with Gasteiger partial charge in [-0.25, -0.2) is 9.38 Å². The highest BCUT2D eigenvalue weighted by Gasteiger charge is 2.16. The first-order valence-corrected chi connectivity index (χ1v) is 10.3. The first-order valence-electron chi connectivity index (χ1n) is 9.42. The van der Waals surface area contributed by atoms with Crippen LogP contribution in [0.25, 0.3) is 27.0 Å². The third-order valence-corrected chi connectivity index (χ3v) is 6.25. The molecule has 0 radical (unpaired) electrons. The van der Waals surface area contributed by atoms with Gasteiger partial charge in [0.05, 0.1) is 16.4 Å². The fourth-order valence-electron chi connectivity index (χ4n) is 4.15. The minimum Gasteiger partial charge on any atom is -0.309 e. The maximum Gasteiger partial charge on any atom is 0.268 e. The number of aromatic nitrogens is 3. The van der Waals surface area contributed by atoms with E-state index in [1.165, 1.54) is 43.7 Å². The van der Waals surface area contributed by atoms with E-state index in [4.69, 9.17) is 4.98 Å². The highest BCUT2D eigenvalue weighted by atomic mass is 32.1. The molecule has 0 aliphatic carbocycles. The Labute approximate surface area is 155 Å². The predicted molar refractivity (Wildman–Crippen MR) is 107 cm³/mol. The fraction of sp³-hybridized carbons (Fsp3) is 0.400. The number of hydrogen-bond acceptors (Lipinski definition) is 4.